The van der Waals surface area contributed by atoms with Crippen molar-refractivity contribution < 1.29 is 19.4 Å². The highest BCUT2D eigenvalue weighted by atomic mass is 16.5. The van der Waals surface area contributed by atoms with Crippen molar-refractivity contribution >= 4 is 23.4 Å². The van der Waals surface area contributed by atoms with Crippen LogP contribution in [0.2, 0.25) is 0 Å². The van der Waals surface area contributed by atoms with E-state index in [0.29, 0.717) is 13.1 Å². The minimum absolute atomic E-state index is 0.0562. The normalized spacial score (nSPS) is 15.5. The number of benzene rings is 2. The van der Waals surface area contributed by atoms with Crippen molar-refractivity contribution in [1.29, 1.82) is 0 Å². The summed E-state index contributed by atoms with van der Waals surface area (Å²) < 4.78 is 4.96. The van der Waals surface area contributed by atoms with Gasteiger partial charge in [-0.2, -0.15) is 0 Å². The lowest BCUT2D eigenvalue weighted by atomic mass is 10.1. The molecule has 6 nitrogen and oxygen atoms in total. The summed E-state index contributed by atoms with van der Waals surface area (Å²) in [4.78, 5) is 27.2. The summed E-state index contributed by atoms with van der Waals surface area (Å²) in [6, 6.07) is 16.9. The Morgan fingerprint density at radius 2 is 1.60 bits per heavy atom. The third kappa shape index (κ3) is 3.64. The lowest BCUT2D eigenvalue weighted by Gasteiger charge is -2.19. The molecule has 1 saturated heterocycles. The molecule has 1 aliphatic heterocycles. The molecule has 2 aromatic carbocycles. The Kier molecular flexibility index (Phi) is 5.00. The molecule has 6 heteroatoms. The van der Waals surface area contributed by atoms with E-state index in [1.807, 2.05) is 54.6 Å². The number of methoxy groups -OCH3 is 1. The van der Waals surface area contributed by atoms with Crippen molar-refractivity contribution in [3.8, 4) is 0 Å². The number of carboxylic acid groups (broad SMARTS) is 1. The molecule has 0 aromatic heterocycles. The number of para-hydroxylation sites is 1. The van der Waals surface area contributed by atoms with Crippen LogP contribution in [0.1, 0.15) is 5.56 Å². The third-order valence-corrected chi connectivity index (χ3v) is 4.31. The number of carbonyl (C=O) groups is 2. The molecule has 0 bridgehead atoms. The first kappa shape index (κ1) is 17.0. The van der Waals surface area contributed by atoms with Crippen LogP contribution in [0.15, 0.2) is 54.6 Å². The number of amides is 2. The first-order valence-electron chi connectivity index (χ1n) is 8.09. The highest BCUT2D eigenvalue weighted by Crippen LogP contribution is 2.25. The SMILES string of the molecule is COC(Cc1ccc(N2CCN(c3ccccc3)C2=O)cc1)C(=O)O. The highest BCUT2D eigenvalue weighted by Gasteiger charge is 2.30. The highest BCUT2D eigenvalue weighted by molar-refractivity contribution is 6.06. The molecule has 0 radical (unpaired) electrons. The monoisotopic (exact) mass is 340 g/mol. The van der Waals surface area contributed by atoms with Gasteiger partial charge in [0.25, 0.3) is 0 Å². The second-order valence-electron chi connectivity index (χ2n) is 5.85. The van der Waals surface area contributed by atoms with Crippen molar-refractivity contribution in [2.45, 2.75) is 12.5 Å². The second-order valence-corrected chi connectivity index (χ2v) is 5.85. The number of carbonyl (C=O) groups excluding carboxylic acids is 1. The van der Waals surface area contributed by atoms with Crippen molar-refractivity contribution in [3.63, 3.8) is 0 Å². The van der Waals surface area contributed by atoms with E-state index in [1.165, 1.54) is 7.11 Å². The minimum atomic E-state index is -0.986. The zero-order chi connectivity index (χ0) is 17.8. The van der Waals surface area contributed by atoms with E-state index in [2.05, 4.69) is 0 Å². The van der Waals surface area contributed by atoms with E-state index >= 15 is 0 Å². The van der Waals surface area contributed by atoms with Gasteiger partial charge < -0.3 is 9.84 Å². The summed E-state index contributed by atoms with van der Waals surface area (Å²) >= 11 is 0. The maximum absolute atomic E-state index is 12.7. The smallest absolute Gasteiger partial charge is 0.333 e. The van der Waals surface area contributed by atoms with Gasteiger partial charge in [-0.05, 0) is 29.8 Å². The van der Waals surface area contributed by atoms with Crippen molar-refractivity contribution in [2.75, 3.05) is 30.0 Å². The molecule has 0 spiro atoms. The number of rotatable bonds is 6. The van der Waals surface area contributed by atoms with E-state index < -0.39 is 12.1 Å². The van der Waals surface area contributed by atoms with E-state index in [0.717, 1.165) is 16.9 Å². The quantitative estimate of drug-likeness (QED) is 0.878. The van der Waals surface area contributed by atoms with Crippen LogP contribution in [0.3, 0.4) is 0 Å². The van der Waals surface area contributed by atoms with E-state index in [1.54, 1.807) is 9.80 Å². The molecule has 1 atom stereocenters. The summed E-state index contributed by atoms with van der Waals surface area (Å²) in [6.07, 6.45) is -0.580. The van der Waals surface area contributed by atoms with Crippen LogP contribution in [0, 0.1) is 0 Å². The summed E-state index contributed by atoms with van der Waals surface area (Å²) in [5.41, 5.74) is 2.54. The van der Waals surface area contributed by atoms with E-state index in [9.17, 15) is 9.59 Å². The van der Waals surface area contributed by atoms with Crippen molar-refractivity contribution in [2.24, 2.45) is 0 Å². The van der Waals surface area contributed by atoms with Gasteiger partial charge in [-0.3, -0.25) is 9.80 Å². The fourth-order valence-corrected chi connectivity index (χ4v) is 2.92. The lowest BCUT2D eigenvalue weighted by Crippen LogP contribution is -2.31. The fourth-order valence-electron chi connectivity index (χ4n) is 2.92. The Bertz CT molecular complexity index is 746. The Morgan fingerprint density at radius 1 is 1.04 bits per heavy atom. The van der Waals surface area contributed by atoms with Crippen molar-refractivity contribution in [1.82, 2.24) is 0 Å². The van der Waals surface area contributed by atoms with Crippen LogP contribution in [0.5, 0.6) is 0 Å². The molecule has 1 fully saturated rings. The molecule has 1 N–H and O–H groups in total. The predicted molar refractivity (Wildman–Crippen MR) is 95.1 cm³/mol. The zero-order valence-corrected chi connectivity index (χ0v) is 14.0. The number of carboxylic acids is 1. The van der Waals surface area contributed by atoms with Crippen LogP contribution in [-0.2, 0) is 16.0 Å². The van der Waals surface area contributed by atoms with Gasteiger partial charge >= 0.3 is 12.0 Å². The summed E-state index contributed by atoms with van der Waals surface area (Å²) in [6.45, 7) is 1.25. The van der Waals surface area contributed by atoms with Crippen LogP contribution < -0.4 is 9.80 Å². The first-order valence-corrected chi connectivity index (χ1v) is 8.09. The minimum Gasteiger partial charge on any atom is -0.479 e. The van der Waals surface area contributed by atoms with Gasteiger partial charge in [0.05, 0.1) is 0 Å². The Morgan fingerprint density at radius 3 is 2.12 bits per heavy atom. The van der Waals surface area contributed by atoms with E-state index in [-0.39, 0.29) is 12.5 Å². The molecule has 2 aromatic rings. The largest absolute Gasteiger partial charge is 0.479 e. The molecular weight excluding hydrogens is 320 g/mol. The Hall–Kier alpha value is -2.86. The number of hydrogen-bond donors (Lipinski definition) is 1. The van der Waals surface area contributed by atoms with Crippen LogP contribution >= 0.6 is 0 Å². The average molecular weight is 340 g/mol. The second kappa shape index (κ2) is 7.36. The summed E-state index contributed by atoms with van der Waals surface area (Å²) in [5, 5.41) is 9.05. The van der Waals surface area contributed by atoms with Crippen LogP contribution in [-0.4, -0.2) is 43.4 Å². The Labute approximate surface area is 146 Å². The molecule has 1 heterocycles. The van der Waals surface area contributed by atoms with Gasteiger partial charge in [0, 0.05) is 38.0 Å². The van der Waals surface area contributed by atoms with Gasteiger partial charge in [0.1, 0.15) is 0 Å². The van der Waals surface area contributed by atoms with Gasteiger partial charge in [0.15, 0.2) is 6.10 Å². The number of hydrogen-bond acceptors (Lipinski definition) is 3. The molecule has 1 unspecified atom stereocenters. The molecule has 1 aliphatic rings. The molecule has 2 amide bonds. The standard InChI is InChI=1S/C19H20N2O4/c1-25-17(18(22)23)13-14-7-9-16(10-8-14)21-12-11-20(19(21)24)15-5-3-2-4-6-15/h2-10,17H,11-13H2,1H3,(H,22,23). The summed E-state index contributed by atoms with van der Waals surface area (Å²) in [7, 11) is 1.38. The number of nitrogens with zero attached hydrogens (tertiary/aromatic N) is 2. The van der Waals surface area contributed by atoms with Crippen LogP contribution in [0.25, 0.3) is 0 Å². The van der Waals surface area contributed by atoms with Gasteiger partial charge in [-0.15, -0.1) is 0 Å². The third-order valence-electron chi connectivity index (χ3n) is 4.31. The Balaban J connectivity index is 1.71. The molecule has 3 rings (SSSR count). The maximum Gasteiger partial charge on any atom is 0.333 e. The topological polar surface area (TPSA) is 70.1 Å². The first-order chi connectivity index (χ1) is 12.1. The predicted octanol–water partition coefficient (Wildman–Crippen LogP) is 2.78. The molecular formula is C19H20N2O4. The van der Waals surface area contributed by atoms with Crippen LogP contribution in [0.4, 0.5) is 16.2 Å². The summed E-state index contributed by atoms with van der Waals surface area (Å²) in [5.74, 6) is -0.986. The number of ether oxygens (including phenoxy) is 1. The molecule has 0 aliphatic carbocycles. The van der Waals surface area contributed by atoms with Gasteiger partial charge in [-0.1, -0.05) is 30.3 Å². The zero-order valence-electron chi connectivity index (χ0n) is 14.0. The number of anilines is 2. The average Bonchev–Trinajstić information content (AvgIpc) is 3.02. The molecule has 0 saturated carbocycles. The fraction of sp³-hybridized carbons (Fsp3) is 0.263. The number of urea groups is 1. The number of aliphatic carboxylic acids is 1. The van der Waals surface area contributed by atoms with E-state index in [4.69, 9.17) is 9.84 Å². The lowest BCUT2D eigenvalue weighted by molar-refractivity contribution is -0.148. The molecule has 25 heavy (non-hydrogen) atoms. The van der Waals surface area contributed by atoms with Gasteiger partial charge in [-0.25, -0.2) is 9.59 Å². The van der Waals surface area contributed by atoms with Gasteiger partial charge in [0.2, 0.25) is 0 Å². The van der Waals surface area contributed by atoms with Crippen molar-refractivity contribution in [3.05, 3.63) is 60.2 Å². The maximum atomic E-state index is 12.7. The molecule has 130 valence electrons.